The second-order valence-electron chi connectivity index (χ2n) is 6.45. The van der Waals surface area contributed by atoms with Crippen LogP contribution in [0.4, 0.5) is 5.95 Å². The van der Waals surface area contributed by atoms with Gasteiger partial charge in [0.05, 0.1) is 13.7 Å². The van der Waals surface area contributed by atoms with Gasteiger partial charge < -0.3 is 19.1 Å². The van der Waals surface area contributed by atoms with Crippen molar-refractivity contribution in [2.24, 2.45) is 0 Å². The number of rotatable bonds is 4. The van der Waals surface area contributed by atoms with Crippen LogP contribution >= 0.6 is 0 Å². The molecule has 0 amide bonds. The van der Waals surface area contributed by atoms with Gasteiger partial charge in [0, 0.05) is 19.6 Å². The zero-order valence-electron chi connectivity index (χ0n) is 14.4. The van der Waals surface area contributed by atoms with Crippen LogP contribution in [0, 0.1) is 0 Å². The number of hydrogen-bond acceptors (Lipinski definition) is 8. The molecule has 0 aromatic carbocycles. The van der Waals surface area contributed by atoms with E-state index in [1.165, 1.54) is 13.4 Å². The topological polar surface area (TPSA) is 86.7 Å². The molecule has 1 aromatic rings. The molecule has 8 nitrogen and oxygen atoms in total. The molecule has 1 saturated heterocycles. The first-order valence-electron chi connectivity index (χ1n) is 7.43. The Bertz CT molecular complexity index is 561. The smallest absolute Gasteiger partial charge is 0.331 e. The van der Waals surface area contributed by atoms with Crippen LogP contribution < -0.4 is 4.90 Å². The van der Waals surface area contributed by atoms with Gasteiger partial charge >= 0.3 is 5.97 Å². The van der Waals surface area contributed by atoms with E-state index in [-0.39, 0.29) is 11.5 Å². The van der Waals surface area contributed by atoms with E-state index in [0.29, 0.717) is 18.3 Å². The highest BCUT2D eigenvalue weighted by Crippen LogP contribution is 2.28. The van der Waals surface area contributed by atoms with Crippen LogP contribution in [0.1, 0.15) is 26.6 Å². The maximum Gasteiger partial charge on any atom is 0.331 e. The predicted molar refractivity (Wildman–Crippen MR) is 83.3 cm³/mol. The number of carbonyl (C=O) groups excluding carboxylic acids is 1. The third-order valence-electron chi connectivity index (χ3n) is 3.89. The third kappa shape index (κ3) is 3.42. The fraction of sp³-hybridized carbons (Fsp3) is 0.733. The number of aromatic nitrogens is 3. The van der Waals surface area contributed by atoms with Crippen molar-refractivity contribution in [3.8, 4) is 0 Å². The van der Waals surface area contributed by atoms with E-state index in [1.807, 2.05) is 20.8 Å². The molecule has 0 radical (unpaired) electrons. The number of esters is 1. The number of hydrogen-bond donors (Lipinski definition) is 0. The summed E-state index contributed by atoms with van der Waals surface area (Å²) >= 11 is 0. The average Bonchev–Trinajstić information content (AvgIpc) is 2.92. The van der Waals surface area contributed by atoms with Gasteiger partial charge in [-0.3, -0.25) is 0 Å². The summed E-state index contributed by atoms with van der Waals surface area (Å²) in [7, 11) is 4.48. The van der Waals surface area contributed by atoms with Gasteiger partial charge in [-0.25, -0.2) is 14.8 Å². The van der Waals surface area contributed by atoms with Crippen molar-refractivity contribution in [2.75, 3.05) is 32.8 Å². The SMILES string of the molecule is COC(=O)[C@H]1[C@H](OC)[C@H](OC)CN1c1ncnc(C(C)(C)C)n1. The number of nitrogens with zero attached hydrogens (tertiary/aromatic N) is 4. The first-order chi connectivity index (χ1) is 10.8. The van der Waals surface area contributed by atoms with Crippen molar-refractivity contribution < 1.29 is 19.0 Å². The summed E-state index contributed by atoms with van der Waals surface area (Å²) in [6, 6.07) is -0.662. The van der Waals surface area contributed by atoms with Crippen molar-refractivity contribution in [3.63, 3.8) is 0 Å². The minimum atomic E-state index is -0.662. The molecule has 2 heterocycles. The van der Waals surface area contributed by atoms with E-state index in [9.17, 15) is 4.79 Å². The summed E-state index contributed by atoms with van der Waals surface area (Å²) in [5, 5.41) is 0. The van der Waals surface area contributed by atoms with E-state index >= 15 is 0 Å². The van der Waals surface area contributed by atoms with E-state index in [2.05, 4.69) is 15.0 Å². The summed E-state index contributed by atoms with van der Waals surface area (Å²) in [4.78, 5) is 27.0. The fourth-order valence-corrected chi connectivity index (χ4v) is 2.66. The summed E-state index contributed by atoms with van der Waals surface area (Å²) in [6.07, 6.45) is 0.723. The largest absolute Gasteiger partial charge is 0.467 e. The molecule has 3 atom stereocenters. The number of anilines is 1. The molecule has 2 rings (SSSR count). The molecule has 1 fully saturated rings. The first kappa shape index (κ1) is 17.6. The zero-order chi connectivity index (χ0) is 17.2. The van der Waals surface area contributed by atoms with Crippen molar-refractivity contribution in [3.05, 3.63) is 12.2 Å². The fourth-order valence-electron chi connectivity index (χ4n) is 2.66. The number of ether oxygens (including phenoxy) is 3. The highest BCUT2D eigenvalue weighted by atomic mass is 16.5. The molecule has 1 aliphatic rings. The average molecular weight is 324 g/mol. The van der Waals surface area contributed by atoms with Crippen molar-refractivity contribution in [1.29, 1.82) is 0 Å². The van der Waals surface area contributed by atoms with E-state index in [1.54, 1.807) is 19.1 Å². The predicted octanol–water partition coefficient (Wildman–Crippen LogP) is 0.561. The lowest BCUT2D eigenvalue weighted by Crippen LogP contribution is -2.45. The molecule has 0 bridgehead atoms. The highest BCUT2D eigenvalue weighted by Gasteiger charge is 2.48. The molecule has 0 spiro atoms. The minimum Gasteiger partial charge on any atom is -0.467 e. The Morgan fingerprint density at radius 3 is 2.43 bits per heavy atom. The maximum atomic E-state index is 12.2. The minimum absolute atomic E-state index is 0.223. The first-order valence-corrected chi connectivity index (χ1v) is 7.43. The molecule has 128 valence electrons. The quantitative estimate of drug-likeness (QED) is 0.743. The second kappa shape index (κ2) is 6.76. The number of carbonyl (C=O) groups is 1. The summed E-state index contributed by atoms with van der Waals surface area (Å²) < 4.78 is 15.8. The van der Waals surface area contributed by atoms with E-state index in [0.717, 1.165) is 0 Å². The van der Waals surface area contributed by atoms with E-state index in [4.69, 9.17) is 14.2 Å². The van der Waals surface area contributed by atoms with Gasteiger partial charge in [-0.05, 0) is 0 Å². The number of methoxy groups -OCH3 is 3. The lowest BCUT2D eigenvalue weighted by molar-refractivity contribution is -0.146. The Morgan fingerprint density at radius 2 is 1.91 bits per heavy atom. The van der Waals surface area contributed by atoms with Crippen LogP contribution in [0.15, 0.2) is 6.33 Å². The van der Waals surface area contributed by atoms with Crippen LogP contribution in [0.25, 0.3) is 0 Å². The molecular formula is C15H24N4O4. The van der Waals surface area contributed by atoms with Crippen molar-refractivity contribution in [1.82, 2.24) is 15.0 Å². The van der Waals surface area contributed by atoms with Crippen molar-refractivity contribution >= 4 is 11.9 Å². The standard InChI is InChI=1S/C15H24N4O4/c1-15(2,3)13-16-8-17-14(18-13)19-7-9(21-4)11(22-5)10(19)12(20)23-6/h8-11H,7H2,1-6H3/t9-,10-,11-/m1/s1. The maximum absolute atomic E-state index is 12.2. The molecule has 0 N–H and O–H groups in total. The van der Waals surface area contributed by atoms with Gasteiger partial charge in [0.2, 0.25) is 5.95 Å². The van der Waals surface area contributed by atoms with Gasteiger partial charge in [-0.2, -0.15) is 4.98 Å². The van der Waals surface area contributed by atoms with Crippen molar-refractivity contribution in [2.45, 2.75) is 44.4 Å². The second-order valence-corrected chi connectivity index (χ2v) is 6.45. The highest BCUT2D eigenvalue weighted by molar-refractivity contribution is 5.81. The molecule has 0 aliphatic carbocycles. The molecule has 1 aromatic heterocycles. The van der Waals surface area contributed by atoms with Crippen LogP contribution in [-0.2, 0) is 24.4 Å². The van der Waals surface area contributed by atoms with E-state index < -0.39 is 18.1 Å². The Hall–Kier alpha value is -1.80. The van der Waals surface area contributed by atoms with Gasteiger partial charge in [0.25, 0.3) is 0 Å². The third-order valence-corrected chi connectivity index (χ3v) is 3.89. The van der Waals surface area contributed by atoms with Crippen LogP contribution in [0.2, 0.25) is 0 Å². The lowest BCUT2D eigenvalue weighted by atomic mass is 9.96. The molecule has 23 heavy (non-hydrogen) atoms. The van der Waals surface area contributed by atoms with Gasteiger partial charge in [-0.15, -0.1) is 0 Å². The molecule has 0 unspecified atom stereocenters. The van der Waals surface area contributed by atoms with Gasteiger partial charge in [0.15, 0.2) is 6.04 Å². The zero-order valence-corrected chi connectivity index (χ0v) is 14.4. The Kier molecular flexibility index (Phi) is 5.16. The summed E-state index contributed by atoms with van der Waals surface area (Å²) in [5.74, 6) is 0.664. The van der Waals surface area contributed by atoms with Crippen LogP contribution in [0.5, 0.6) is 0 Å². The lowest BCUT2D eigenvalue weighted by Gasteiger charge is -2.26. The molecule has 8 heteroatoms. The summed E-state index contributed by atoms with van der Waals surface area (Å²) in [5.41, 5.74) is -0.223. The Balaban J connectivity index is 2.41. The van der Waals surface area contributed by atoms with Gasteiger partial charge in [0.1, 0.15) is 24.4 Å². The molecule has 1 aliphatic heterocycles. The van der Waals surface area contributed by atoms with Crippen LogP contribution in [0.3, 0.4) is 0 Å². The normalized spacial score (nSPS) is 24.8. The Morgan fingerprint density at radius 1 is 1.22 bits per heavy atom. The monoisotopic (exact) mass is 324 g/mol. The van der Waals surface area contributed by atoms with Crippen LogP contribution in [-0.4, -0.2) is 67.0 Å². The molecular weight excluding hydrogens is 300 g/mol. The molecule has 0 saturated carbocycles. The Labute approximate surface area is 136 Å². The summed E-state index contributed by atoms with van der Waals surface area (Å²) in [6.45, 7) is 6.49. The van der Waals surface area contributed by atoms with Gasteiger partial charge in [-0.1, -0.05) is 20.8 Å².